The van der Waals surface area contributed by atoms with Crippen molar-refractivity contribution in [3.8, 4) is 0 Å². The molecular weight excluding hydrogens is 108 g/mol. The zero-order valence-corrected chi connectivity index (χ0v) is 5.38. The van der Waals surface area contributed by atoms with Gasteiger partial charge in [0.2, 0.25) is 0 Å². The fraction of sp³-hybridized carbons (Fsp3) is 0.333. The van der Waals surface area contributed by atoms with E-state index in [4.69, 9.17) is 0 Å². The molecule has 2 aliphatic carbocycles. The molecule has 46 valence electrons. The fourth-order valence-electron chi connectivity index (χ4n) is 1.38. The molecule has 1 atom stereocenters. The van der Waals surface area contributed by atoms with Gasteiger partial charge in [-0.25, -0.2) is 0 Å². The van der Waals surface area contributed by atoms with Crippen molar-refractivity contribution in [2.75, 3.05) is 0 Å². The van der Waals surface area contributed by atoms with Crippen LogP contribution in [0.15, 0.2) is 36.5 Å². The van der Waals surface area contributed by atoms with Crippen LogP contribution in [0.5, 0.6) is 0 Å². The molecule has 0 N–H and O–H groups in total. The van der Waals surface area contributed by atoms with E-state index in [0.29, 0.717) is 5.41 Å². The van der Waals surface area contributed by atoms with Crippen LogP contribution in [-0.2, 0) is 0 Å². The predicted octanol–water partition coefficient (Wildman–Crippen LogP) is 2.45. The molecule has 2 rings (SSSR count). The van der Waals surface area contributed by atoms with Gasteiger partial charge in [0.1, 0.15) is 0 Å². The third-order valence-corrected chi connectivity index (χ3v) is 2.12. The summed E-state index contributed by atoms with van der Waals surface area (Å²) in [7, 11) is 0. The number of allylic oxidation sites excluding steroid dienone is 6. The van der Waals surface area contributed by atoms with Gasteiger partial charge in [-0.15, -0.1) is 0 Å². The lowest BCUT2D eigenvalue weighted by atomic mass is 9.72. The first-order valence-electron chi connectivity index (χ1n) is 3.43. The van der Waals surface area contributed by atoms with Crippen LogP contribution >= 0.6 is 0 Å². The topological polar surface area (TPSA) is 0 Å². The molecule has 2 aliphatic rings. The standard InChI is InChI=1S/C9H10/c1-2-5-9(6-3-1)7-4-8-9/h1-5,7H,6,8H2. The van der Waals surface area contributed by atoms with Crippen molar-refractivity contribution in [3.05, 3.63) is 36.5 Å². The zero-order chi connectivity index (χ0) is 6.16. The third kappa shape index (κ3) is 0.663. The van der Waals surface area contributed by atoms with Gasteiger partial charge in [0.25, 0.3) is 0 Å². The van der Waals surface area contributed by atoms with E-state index in [1.807, 2.05) is 0 Å². The van der Waals surface area contributed by atoms with Gasteiger partial charge >= 0.3 is 0 Å². The number of hydrogen-bond acceptors (Lipinski definition) is 0. The van der Waals surface area contributed by atoms with Gasteiger partial charge in [-0.05, 0) is 12.8 Å². The minimum absolute atomic E-state index is 0.453. The summed E-state index contributed by atoms with van der Waals surface area (Å²) in [4.78, 5) is 0. The Hall–Kier alpha value is -0.780. The second kappa shape index (κ2) is 1.60. The smallest absolute Gasteiger partial charge is 0.0133 e. The zero-order valence-electron chi connectivity index (χ0n) is 5.38. The molecule has 0 aromatic rings. The van der Waals surface area contributed by atoms with Crippen LogP contribution in [0.1, 0.15) is 12.8 Å². The molecule has 0 heterocycles. The molecule has 0 heteroatoms. The molecule has 1 spiro atoms. The summed E-state index contributed by atoms with van der Waals surface area (Å²) < 4.78 is 0. The molecule has 0 saturated carbocycles. The van der Waals surface area contributed by atoms with Gasteiger partial charge in [-0.3, -0.25) is 0 Å². The summed E-state index contributed by atoms with van der Waals surface area (Å²) in [6.45, 7) is 0. The summed E-state index contributed by atoms with van der Waals surface area (Å²) >= 11 is 0. The highest BCUT2D eigenvalue weighted by Crippen LogP contribution is 2.40. The van der Waals surface area contributed by atoms with Gasteiger partial charge < -0.3 is 0 Å². The second-order valence-electron chi connectivity index (χ2n) is 2.83. The molecule has 0 nitrogen and oxygen atoms in total. The van der Waals surface area contributed by atoms with E-state index in [-0.39, 0.29) is 0 Å². The minimum atomic E-state index is 0.453. The molecule has 9 heavy (non-hydrogen) atoms. The molecular formula is C9H10. The summed E-state index contributed by atoms with van der Waals surface area (Å²) in [5, 5.41) is 0. The van der Waals surface area contributed by atoms with Crippen LogP contribution in [-0.4, -0.2) is 0 Å². The largest absolute Gasteiger partial charge is 0.0865 e. The van der Waals surface area contributed by atoms with Crippen molar-refractivity contribution in [1.82, 2.24) is 0 Å². The van der Waals surface area contributed by atoms with Gasteiger partial charge in [-0.2, -0.15) is 0 Å². The molecule has 0 fully saturated rings. The quantitative estimate of drug-likeness (QED) is 0.428. The van der Waals surface area contributed by atoms with Gasteiger partial charge in [0.15, 0.2) is 0 Å². The second-order valence-corrected chi connectivity index (χ2v) is 2.83. The average Bonchev–Trinajstić information content (AvgIpc) is 1.87. The Labute approximate surface area is 55.6 Å². The maximum atomic E-state index is 2.30. The molecule has 0 radical (unpaired) electrons. The predicted molar refractivity (Wildman–Crippen MR) is 39.1 cm³/mol. The molecule has 0 saturated heterocycles. The van der Waals surface area contributed by atoms with Gasteiger partial charge in [0, 0.05) is 5.41 Å². The van der Waals surface area contributed by atoms with Crippen molar-refractivity contribution < 1.29 is 0 Å². The van der Waals surface area contributed by atoms with E-state index in [1.54, 1.807) is 0 Å². The molecule has 0 aromatic carbocycles. The number of rotatable bonds is 0. The lowest BCUT2D eigenvalue weighted by Gasteiger charge is -2.32. The van der Waals surface area contributed by atoms with E-state index >= 15 is 0 Å². The van der Waals surface area contributed by atoms with E-state index in [1.165, 1.54) is 12.8 Å². The molecule has 0 aliphatic heterocycles. The van der Waals surface area contributed by atoms with Crippen molar-refractivity contribution in [2.45, 2.75) is 12.8 Å². The van der Waals surface area contributed by atoms with E-state index in [2.05, 4.69) is 36.5 Å². The first-order chi connectivity index (χ1) is 4.41. The van der Waals surface area contributed by atoms with Gasteiger partial charge in [0.05, 0.1) is 0 Å². The Morgan fingerprint density at radius 1 is 0.889 bits per heavy atom. The number of hydrogen-bond donors (Lipinski definition) is 0. The summed E-state index contributed by atoms with van der Waals surface area (Å²) in [5.41, 5.74) is 0.453. The fourth-order valence-corrected chi connectivity index (χ4v) is 1.38. The Kier molecular flexibility index (Phi) is 0.895. The maximum absolute atomic E-state index is 2.30. The highest BCUT2D eigenvalue weighted by Gasteiger charge is 2.27. The van der Waals surface area contributed by atoms with E-state index in [9.17, 15) is 0 Å². The molecule has 0 bridgehead atoms. The Morgan fingerprint density at radius 2 is 1.67 bits per heavy atom. The van der Waals surface area contributed by atoms with Crippen molar-refractivity contribution in [1.29, 1.82) is 0 Å². The maximum Gasteiger partial charge on any atom is 0.0133 e. The van der Waals surface area contributed by atoms with Crippen molar-refractivity contribution >= 4 is 0 Å². The normalized spacial score (nSPS) is 37.3. The van der Waals surface area contributed by atoms with E-state index in [0.717, 1.165) is 0 Å². The van der Waals surface area contributed by atoms with E-state index < -0.39 is 0 Å². The SMILES string of the molecule is C1=CCC2(C=C1)C=CC2. The average molecular weight is 118 g/mol. The summed E-state index contributed by atoms with van der Waals surface area (Å²) in [5.74, 6) is 0. The van der Waals surface area contributed by atoms with Gasteiger partial charge in [-0.1, -0.05) is 36.5 Å². The van der Waals surface area contributed by atoms with Crippen LogP contribution in [0.3, 0.4) is 0 Å². The summed E-state index contributed by atoms with van der Waals surface area (Å²) in [6, 6.07) is 0. The highest BCUT2D eigenvalue weighted by atomic mass is 14.3. The molecule has 0 amide bonds. The van der Waals surface area contributed by atoms with Crippen molar-refractivity contribution in [2.24, 2.45) is 5.41 Å². The van der Waals surface area contributed by atoms with Crippen LogP contribution in [0, 0.1) is 5.41 Å². The minimum Gasteiger partial charge on any atom is -0.0865 e. The molecule has 0 aromatic heterocycles. The molecule has 1 unspecified atom stereocenters. The van der Waals surface area contributed by atoms with Crippen LogP contribution in [0.4, 0.5) is 0 Å². The highest BCUT2D eigenvalue weighted by molar-refractivity contribution is 5.28. The van der Waals surface area contributed by atoms with Crippen LogP contribution in [0.25, 0.3) is 0 Å². The monoisotopic (exact) mass is 118 g/mol. The third-order valence-electron chi connectivity index (χ3n) is 2.12. The Morgan fingerprint density at radius 3 is 2.00 bits per heavy atom. The van der Waals surface area contributed by atoms with Crippen LogP contribution < -0.4 is 0 Å². The lowest BCUT2D eigenvalue weighted by molar-refractivity contribution is 0.458. The lowest BCUT2D eigenvalue weighted by Crippen LogP contribution is -2.20. The van der Waals surface area contributed by atoms with Crippen LogP contribution in [0.2, 0.25) is 0 Å². The van der Waals surface area contributed by atoms with Crippen molar-refractivity contribution in [3.63, 3.8) is 0 Å². The summed E-state index contributed by atoms with van der Waals surface area (Å²) in [6.07, 6.45) is 15.8. The Balaban J connectivity index is 2.24. The first kappa shape index (κ1) is 5.04. The first-order valence-corrected chi connectivity index (χ1v) is 3.43. The Bertz CT molecular complexity index is 196.